The first kappa shape index (κ1) is 24.3. The van der Waals surface area contributed by atoms with Gasteiger partial charge in [-0.15, -0.1) is 36.2 Å². The van der Waals surface area contributed by atoms with E-state index >= 15 is 0 Å². The van der Waals surface area contributed by atoms with Gasteiger partial charge in [-0.25, -0.2) is 4.98 Å². The Labute approximate surface area is 169 Å². The average Bonchev–Trinajstić information content (AvgIpc) is 3.00. The van der Waals surface area contributed by atoms with Crippen LogP contribution in [0.1, 0.15) is 54.3 Å². The number of halogens is 2. The molecule has 9 heteroatoms. The number of hydrogen-bond acceptors (Lipinski definition) is 5. The molecule has 26 heavy (non-hydrogen) atoms. The summed E-state index contributed by atoms with van der Waals surface area (Å²) in [6.45, 7) is 5.98. The van der Waals surface area contributed by atoms with Crippen LogP contribution in [-0.2, 0) is 4.79 Å². The minimum atomic E-state index is -0.308. The van der Waals surface area contributed by atoms with Crippen LogP contribution < -0.4 is 16.4 Å². The van der Waals surface area contributed by atoms with Crippen molar-refractivity contribution < 1.29 is 9.59 Å². The Morgan fingerprint density at radius 3 is 2.27 bits per heavy atom. The minimum absolute atomic E-state index is 0. The third kappa shape index (κ3) is 6.92. The van der Waals surface area contributed by atoms with Crippen LogP contribution in [0.2, 0.25) is 0 Å². The number of nitrogens with two attached hydrogens (primary N) is 1. The number of nitrogens with one attached hydrogen (secondary N) is 2. The Balaban J connectivity index is 0.00000312. The summed E-state index contributed by atoms with van der Waals surface area (Å²) in [7, 11) is 0. The number of amides is 2. The van der Waals surface area contributed by atoms with Crippen molar-refractivity contribution in [1.29, 1.82) is 0 Å². The average molecular weight is 419 g/mol. The highest BCUT2D eigenvalue weighted by atomic mass is 35.5. The fourth-order valence-electron chi connectivity index (χ4n) is 2.13. The number of anilines is 1. The molecule has 0 saturated carbocycles. The number of hydrogen-bond donors (Lipinski definition) is 3. The Kier molecular flexibility index (Phi) is 10.4. The summed E-state index contributed by atoms with van der Waals surface area (Å²) < 4.78 is 0. The normalized spacial score (nSPS) is 11.1. The molecule has 1 atom stereocenters. The van der Waals surface area contributed by atoms with Crippen LogP contribution in [-0.4, -0.2) is 23.3 Å². The summed E-state index contributed by atoms with van der Waals surface area (Å²) in [5.74, 6) is -0.0577. The van der Waals surface area contributed by atoms with Crippen molar-refractivity contribution in [1.82, 2.24) is 10.3 Å². The number of rotatable bonds is 6. The van der Waals surface area contributed by atoms with Crippen molar-refractivity contribution in [2.24, 2.45) is 5.73 Å². The van der Waals surface area contributed by atoms with Crippen LogP contribution in [0.15, 0.2) is 29.6 Å². The molecule has 2 amide bonds. The van der Waals surface area contributed by atoms with Crippen molar-refractivity contribution in [3.05, 3.63) is 46.5 Å². The van der Waals surface area contributed by atoms with E-state index in [0.717, 1.165) is 5.56 Å². The Morgan fingerprint density at radius 2 is 1.73 bits per heavy atom. The van der Waals surface area contributed by atoms with Gasteiger partial charge >= 0.3 is 0 Å². The lowest BCUT2D eigenvalue weighted by Gasteiger charge is -2.14. The summed E-state index contributed by atoms with van der Waals surface area (Å²) in [5.41, 5.74) is 8.62. The molecular weight excluding hydrogens is 395 g/mol. The molecule has 0 aliphatic rings. The predicted octanol–water partition coefficient (Wildman–Crippen LogP) is 3.50. The molecule has 0 radical (unpaired) electrons. The second-order valence-corrected chi connectivity index (χ2v) is 6.72. The molecule has 1 unspecified atom stereocenters. The van der Waals surface area contributed by atoms with Crippen LogP contribution >= 0.6 is 36.2 Å². The maximum Gasteiger partial charge on any atom is 0.270 e. The monoisotopic (exact) mass is 418 g/mol. The second-order valence-electron chi connectivity index (χ2n) is 5.86. The van der Waals surface area contributed by atoms with Gasteiger partial charge in [0.25, 0.3) is 5.91 Å². The Hall–Kier alpha value is -1.67. The van der Waals surface area contributed by atoms with E-state index in [1.165, 1.54) is 23.8 Å². The lowest BCUT2D eigenvalue weighted by Crippen LogP contribution is -2.32. The molecule has 0 saturated heterocycles. The third-order valence-corrected chi connectivity index (χ3v) is 4.29. The van der Waals surface area contributed by atoms with Gasteiger partial charge in [-0.05, 0) is 17.0 Å². The molecular formula is C17H24Cl2N4O2S. The van der Waals surface area contributed by atoms with E-state index < -0.39 is 0 Å². The zero-order valence-corrected chi connectivity index (χ0v) is 17.3. The molecule has 2 rings (SSSR count). The van der Waals surface area contributed by atoms with Crippen molar-refractivity contribution in [2.75, 3.05) is 11.9 Å². The number of carbonyl (C=O) groups excluding carboxylic acids is 2. The summed E-state index contributed by atoms with van der Waals surface area (Å²) in [6, 6.07) is 7.81. The molecule has 1 heterocycles. The van der Waals surface area contributed by atoms with E-state index in [0.29, 0.717) is 17.6 Å². The zero-order chi connectivity index (χ0) is 17.7. The maximum absolute atomic E-state index is 12.1. The maximum atomic E-state index is 12.1. The molecule has 0 aliphatic carbocycles. The number of thiazole rings is 1. The smallest absolute Gasteiger partial charge is 0.270 e. The molecule has 0 bridgehead atoms. The van der Waals surface area contributed by atoms with E-state index in [-0.39, 0.29) is 48.4 Å². The van der Waals surface area contributed by atoms with Crippen molar-refractivity contribution >= 4 is 53.1 Å². The molecule has 1 aromatic carbocycles. The third-order valence-electron chi connectivity index (χ3n) is 3.53. The van der Waals surface area contributed by atoms with Gasteiger partial charge in [-0.3, -0.25) is 9.59 Å². The number of carbonyl (C=O) groups is 2. The van der Waals surface area contributed by atoms with E-state index in [4.69, 9.17) is 5.73 Å². The minimum Gasteiger partial charge on any atom is -0.349 e. The van der Waals surface area contributed by atoms with Crippen LogP contribution in [0.4, 0.5) is 5.13 Å². The fraction of sp³-hybridized carbons (Fsp3) is 0.353. The second kappa shape index (κ2) is 11.1. The van der Waals surface area contributed by atoms with Crippen molar-refractivity contribution in [2.45, 2.75) is 32.7 Å². The Bertz CT molecular complexity index is 720. The molecule has 144 valence electrons. The quantitative estimate of drug-likeness (QED) is 0.668. The molecule has 0 fully saturated rings. The van der Waals surface area contributed by atoms with Gasteiger partial charge in [-0.1, -0.05) is 38.1 Å². The fourth-order valence-corrected chi connectivity index (χ4v) is 2.86. The summed E-state index contributed by atoms with van der Waals surface area (Å²) >= 11 is 1.21. The molecule has 6 nitrogen and oxygen atoms in total. The van der Waals surface area contributed by atoms with Gasteiger partial charge in [0, 0.05) is 24.9 Å². The zero-order valence-electron chi connectivity index (χ0n) is 14.8. The standard InChI is InChI=1S/C17H22N4O2S.2ClH/c1-10(2)12-4-6-13(7-5-12)14(18)8-19-16(23)15-9-24-17(21-15)20-11(3)22;;/h4-7,9-10,14H,8,18H2,1-3H3,(H,19,23)(H,20,21,22);2*1H. The highest BCUT2D eigenvalue weighted by Crippen LogP contribution is 2.18. The molecule has 2 aromatic rings. The lowest BCUT2D eigenvalue weighted by atomic mass is 9.99. The lowest BCUT2D eigenvalue weighted by molar-refractivity contribution is -0.114. The number of benzene rings is 1. The highest BCUT2D eigenvalue weighted by Gasteiger charge is 2.13. The predicted molar refractivity (Wildman–Crippen MR) is 111 cm³/mol. The summed E-state index contributed by atoms with van der Waals surface area (Å²) in [6.07, 6.45) is 0. The van der Waals surface area contributed by atoms with E-state index in [1.807, 2.05) is 12.1 Å². The van der Waals surface area contributed by atoms with Crippen LogP contribution in [0.25, 0.3) is 0 Å². The molecule has 0 spiro atoms. The summed E-state index contributed by atoms with van der Waals surface area (Å²) in [4.78, 5) is 27.1. The molecule has 1 aromatic heterocycles. The van der Waals surface area contributed by atoms with Crippen molar-refractivity contribution in [3.8, 4) is 0 Å². The first-order valence-corrected chi connectivity index (χ1v) is 8.61. The Morgan fingerprint density at radius 1 is 1.15 bits per heavy atom. The van der Waals surface area contributed by atoms with Crippen LogP contribution in [0.3, 0.4) is 0 Å². The van der Waals surface area contributed by atoms with E-state index in [1.54, 1.807) is 5.38 Å². The highest BCUT2D eigenvalue weighted by molar-refractivity contribution is 7.14. The molecule has 4 N–H and O–H groups in total. The first-order valence-electron chi connectivity index (χ1n) is 7.73. The topological polar surface area (TPSA) is 97.1 Å². The van der Waals surface area contributed by atoms with Gasteiger partial charge in [0.05, 0.1) is 0 Å². The van der Waals surface area contributed by atoms with Gasteiger partial charge in [0.2, 0.25) is 5.91 Å². The van der Waals surface area contributed by atoms with E-state index in [9.17, 15) is 9.59 Å². The number of aromatic nitrogens is 1. The van der Waals surface area contributed by atoms with E-state index in [2.05, 4.69) is 41.6 Å². The van der Waals surface area contributed by atoms with Gasteiger partial charge < -0.3 is 16.4 Å². The molecule has 0 aliphatic heterocycles. The first-order chi connectivity index (χ1) is 11.4. The van der Waals surface area contributed by atoms with Crippen LogP contribution in [0.5, 0.6) is 0 Å². The number of nitrogens with zero attached hydrogens (tertiary/aromatic N) is 1. The van der Waals surface area contributed by atoms with Crippen molar-refractivity contribution in [3.63, 3.8) is 0 Å². The SMILES string of the molecule is CC(=O)Nc1nc(C(=O)NCC(N)c2ccc(C(C)C)cc2)cs1.Cl.Cl. The van der Waals surface area contributed by atoms with Crippen LogP contribution in [0, 0.1) is 0 Å². The van der Waals surface area contributed by atoms with Gasteiger partial charge in [0.15, 0.2) is 5.13 Å². The largest absolute Gasteiger partial charge is 0.349 e. The van der Waals surface area contributed by atoms with Gasteiger partial charge in [0.1, 0.15) is 5.69 Å². The van der Waals surface area contributed by atoms with Gasteiger partial charge in [-0.2, -0.15) is 0 Å². The summed E-state index contributed by atoms with van der Waals surface area (Å²) in [5, 5.41) is 7.32.